The number of carbonyl (C=O) groups is 1. The van der Waals surface area contributed by atoms with Gasteiger partial charge in [0.15, 0.2) is 12.2 Å². The second kappa shape index (κ2) is 8.36. The Morgan fingerprint density at radius 3 is 2.12 bits per heavy atom. The van der Waals surface area contributed by atoms with Crippen LogP contribution in [0.15, 0.2) is 54.6 Å². The Balaban J connectivity index is 2.23. The molecule has 0 spiro atoms. The van der Waals surface area contributed by atoms with Gasteiger partial charge in [0, 0.05) is 6.04 Å². The molecule has 0 saturated heterocycles. The molecule has 0 saturated carbocycles. The first-order valence-corrected chi connectivity index (χ1v) is 7.85. The Hall–Kier alpha value is -2.53. The van der Waals surface area contributed by atoms with Gasteiger partial charge >= 0.3 is 0 Å². The van der Waals surface area contributed by atoms with Crippen LogP contribution in [0.5, 0.6) is 11.5 Å². The Kier molecular flexibility index (Phi) is 6.21. The first-order chi connectivity index (χ1) is 11.5. The minimum atomic E-state index is -1.32. The summed E-state index contributed by atoms with van der Waals surface area (Å²) in [5.74, 6) is 0.783. The first kappa shape index (κ1) is 17.8. The number of benzene rings is 2. The number of aliphatic hydroxyl groups is 1. The molecule has 0 aliphatic heterocycles. The maximum absolute atomic E-state index is 12.2. The number of carbonyl (C=O) groups excluding carboxylic acids is 1. The number of hydrogen-bond acceptors (Lipinski definition) is 4. The van der Waals surface area contributed by atoms with Crippen LogP contribution in [-0.4, -0.2) is 30.3 Å². The number of rotatable bonds is 7. The fraction of sp³-hybridized carbons (Fsp3) is 0.316. The third-order valence-corrected chi connectivity index (χ3v) is 3.44. The van der Waals surface area contributed by atoms with Gasteiger partial charge in [0.1, 0.15) is 11.5 Å². The highest BCUT2D eigenvalue weighted by molar-refractivity contribution is 5.81. The molecule has 5 heteroatoms. The molecule has 0 fully saturated rings. The van der Waals surface area contributed by atoms with Gasteiger partial charge in [-0.25, -0.2) is 0 Å². The highest BCUT2D eigenvalue weighted by atomic mass is 16.5. The largest absolute Gasteiger partial charge is 0.497 e. The standard InChI is InChI=1S/C19H23NO4/c1-13(2)20-19(22)17(21)18(14-7-5-4-6-8-14)24-16-11-9-15(23-3)10-12-16/h4-13,17-18,21H,1-3H3,(H,20,22). The maximum atomic E-state index is 12.2. The summed E-state index contributed by atoms with van der Waals surface area (Å²) in [7, 11) is 1.59. The molecule has 2 aromatic rings. The molecule has 5 nitrogen and oxygen atoms in total. The molecule has 0 aliphatic carbocycles. The number of amides is 1. The summed E-state index contributed by atoms with van der Waals surface area (Å²) in [5, 5.41) is 13.2. The lowest BCUT2D eigenvalue weighted by atomic mass is 10.0. The lowest BCUT2D eigenvalue weighted by molar-refractivity contribution is -0.134. The van der Waals surface area contributed by atoms with Gasteiger partial charge in [-0.05, 0) is 43.7 Å². The molecule has 128 valence electrons. The molecule has 1 amide bonds. The van der Waals surface area contributed by atoms with Crippen LogP contribution in [0.1, 0.15) is 25.5 Å². The van der Waals surface area contributed by atoms with Gasteiger partial charge < -0.3 is 19.9 Å². The van der Waals surface area contributed by atoms with Crippen LogP contribution in [0.2, 0.25) is 0 Å². The number of aliphatic hydroxyl groups excluding tert-OH is 1. The van der Waals surface area contributed by atoms with Crippen LogP contribution < -0.4 is 14.8 Å². The van der Waals surface area contributed by atoms with Gasteiger partial charge in [-0.2, -0.15) is 0 Å². The van der Waals surface area contributed by atoms with E-state index in [1.54, 1.807) is 31.4 Å². The van der Waals surface area contributed by atoms with E-state index in [1.165, 1.54) is 0 Å². The van der Waals surface area contributed by atoms with E-state index in [1.807, 2.05) is 44.2 Å². The van der Waals surface area contributed by atoms with E-state index in [-0.39, 0.29) is 6.04 Å². The van der Waals surface area contributed by atoms with Crippen LogP contribution in [0.4, 0.5) is 0 Å². The summed E-state index contributed by atoms with van der Waals surface area (Å²) >= 11 is 0. The van der Waals surface area contributed by atoms with Crippen LogP contribution in [-0.2, 0) is 4.79 Å². The van der Waals surface area contributed by atoms with E-state index >= 15 is 0 Å². The fourth-order valence-corrected chi connectivity index (χ4v) is 2.27. The Labute approximate surface area is 142 Å². The molecule has 2 N–H and O–H groups in total. The van der Waals surface area contributed by atoms with Gasteiger partial charge in [-0.1, -0.05) is 30.3 Å². The van der Waals surface area contributed by atoms with Crippen molar-refractivity contribution in [3.8, 4) is 11.5 Å². The zero-order valence-corrected chi connectivity index (χ0v) is 14.1. The minimum Gasteiger partial charge on any atom is -0.497 e. The summed E-state index contributed by atoms with van der Waals surface area (Å²) in [4.78, 5) is 12.2. The molecule has 0 bridgehead atoms. The third kappa shape index (κ3) is 4.73. The van der Waals surface area contributed by atoms with Crippen molar-refractivity contribution >= 4 is 5.91 Å². The molecular weight excluding hydrogens is 306 g/mol. The smallest absolute Gasteiger partial charge is 0.253 e. The van der Waals surface area contributed by atoms with Crippen molar-refractivity contribution in [2.24, 2.45) is 0 Å². The van der Waals surface area contributed by atoms with Gasteiger partial charge in [-0.15, -0.1) is 0 Å². The molecule has 2 atom stereocenters. The highest BCUT2D eigenvalue weighted by Gasteiger charge is 2.29. The van der Waals surface area contributed by atoms with E-state index in [4.69, 9.17) is 9.47 Å². The van der Waals surface area contributed by atoms with E-state index in [0.717, 1.165) is 5.56 Å². The van der Waals surface area contributed by atoms with Crippen molar-refractivity contribution in [2.45, 2.75) is 32.1 Å². The first-order valence-electron chi connectivity index (χ1n) is 7.85. The van der Waals surface area contributed by atoms with Gasteiger partial charge in [0.05, 0.1) is 7.11 Å². The number of hydrogen-bond donors (Lipinski definition) is 2. The molecule has 2 unspecified atom stereocenters. The monoisotopic (exact) mass is 329 g/mol. The van der Waals surface area contributed by atoms with Gasteiger partial charge in [0.25, 0.3) is 5.91 Å². The number of ether oxygens (including phenoxy) is 2. The van der Waals surface area contributed by atoms with Crippen molar-refractivity contribution in [3.05, 3.63) is 60.2 Å². The third-order valence-electron chi connectivity index (χ3n) is 3.44. The second-order valence-electron chi connectivity index (χ2n) is 5.73. The quantitative estimate of drug-likeness (QED) is 0.819. The fourth-order valence-electron chi connectivity index (χ4n) is 2.27. The Morgan fingerprint density at radius 1 is 1.00 bits per heavy atom. The average molecular weight is 329 g/mol. The van der Waals surface area contributed by atoms with Crippen LogP contribution in [0.3, 0.4) is 0 Å². The average Bonchev–Trinajstić information content (AvgIpc) is 2.59. The SMILES string of the molecule is COc1ccc(OC(c2ccccc2)C(O)C(=O)NC(C)C)cc1. The molecule has 2 aromatic carbocycles. The predicted octanol–water partition coefficient (Wildman–Crippen LogP) is 2.70. The molecular formula is C19H23NO4. The Bertz CT molecular complexity index is 640. The number of nitrogens with one attached hydrogen (secondary N) is 1. The van der Waals surface area contributed by atoms with E-state index < -0.39 is 18.1 Å². The van der Waals surface area contributed by atoms with Crippen molar-refractivity contribution in [1.82, 2.24) is 5.32 Å². The minimum absolute atomic E-state index is 0.0652. The van der Waals surface area contributed by atoms with Crippen molar-refractivity contribution in [2.75, 3.05) is 7.11 Å². The van der Waals surface area contributed by atoms with Crippen molar-refractivity contribution in [1.29, 1.82) is 0 Å². The predicted molar refractivity (Wildman–Crippen MR) is 92.1 cm³/mol. The summed E-state index contributed by atoms with van der Waals surface area (Å²) in [6.07, 6.45) is -2.13. The lowest BCUT2D eigenvalue weighted by Crippen LogP contribution is -2.43. The van der Waals surface area contributed by atoms with Gasteiger partial charge in [0.2, 0.25) is 0 Å². The molecule has 0 radical (unpaired) electrons. The second-order valence-corrected chi connectivity index (χ2v) is 5.73. The normalized spacial score (nSPS) is 13.2. The molecule has 0 aromatic heterocycles. The van der Waals surface area contributed by atoms with Crippen molar-refractivity contribution < 1.29 is 19.4 Å². The van der Waals surface area contributed by atoms with E-state index in [0.29, 0.717) is 11.5 Å². The van der Waals surface area contributed by atoms with Crippen LogP contribution >= 0.6 is 0 Å². The topological polar surface area (TPSA) is 67.8 Å². The van der Waals surface area contributed by atoms with Crippen molar-refractivity contribution in [3.63, 3.8) is 0 Å². The Morgan fingerprint density at radius 2 is 1.58 bits per heavy atom. The lowest BCUT2D eigenvalue weighted by Gasteiger charge is -2.25. The van der Waals surface area contributed by atoms with Gasteiger partial charge in [-0.3, -0.25) is 4.79 Å². The maximum Gasteiger partial charge on any atom is 0.253 e. The number of methoxy groups -OCH3 is 1. The molecule has 24 heavy (non-hydrogen) atoms. The molecule has 2 rings (SSSR count). The molecule has 0 aliphatic rings. The molecule has 0 heterocycles. The van der Waals surface area contributed by atoms with Crippen LogP contribution in [0, 0.1) is 0 Å². The summed E-state index contributed by atoms with van der Waals surface area (Å²) in [6.45, 7) is 3.68. The highest BCUT2D eigenvalue weighted by Crippen LogP contribution is 2.26. The van der Waals surface area contributed by atoms with E-state index in [9.17, 15) is 9.90 Å². The zero-order valence-electron chi connectivity index (χ0n) is 14.1. The van der Waals surface area contributed by atoms with Crippen LogP contribution in [0.25, 0.3) is 0 Å². The summed E-state index contributed by atoms with van der Waals surface area (Å²) in [5.41, 5.74) is 0.722. The van der Waals surface area contributed by atoms with E-state index in [2.05, 4.69) is 5.32 Å². The summed E-state index contributed by atoms with van der Waals surface area (Å²) < 4.78 is 11.0. The zero-order chi connectivity index (χ0) is 17.5. The summed E-state index contributed by atoms with van der Waals surface area (Å²) in [6, 6.07) is 16.1.